The third-order valence-corrected chi connectivity index (χ3v) is 2.50. The summed E-state index contributed by atoms with van der Waals surface area (Å²) < 4.78 is 4.86. The average Bonchev–Trinajstić information content (AvgIpc) is 2.65. The monoisotopic (exact) mass is 223 g/mol. The normalized spacial score (nSPS) is 15.2. The van der Waals surface area contributed by atoms with Crippen LogP contribution in [0.4, 0.5) is 0 Å². The molecule has 16 heavy (non-hydrogen) atoms. The lowest BCUT2D eigenvalue weighted by Gasteiger charge is -2.17. The standard InChI is InChI=1S/C10H13N3O3/c11-6(4-14)9(12)5-1-2-8-7(3-5)13-10(15)16-8/h1-3,6,9,14H,4,11-12H2,(H,13,15). The molecule has 0 saturated heterocycles. The van der Waals surface area contributed by atoms with Crippen LogP contribution in [0.5, 0.6) is 0 Å². The maximum Gasteiger partial charge on any atom is 0.417 e. The molecule has 0 fully saturated rings. The Morgan fingerprint density at radius 3 is 2.88 bits per heavy atom. The zero-order chi connectivity index (χ0) is 11.7. The van der Waals surface area contributed by atoms with E-state index in [4.69, 9.17) is 21.0 Å². The van der Waals surface area contributed by atoms with Crippen LogP contribution in [0.25, 0.3) is 11.1 Å². The van der Waals surface area contributed by atoms with Gasteiger partial charge in [-0.3, -0.25) is 4.98 Å². The van der Waals surface area contributed by atoms with Gasteiger partial charge < -0.3 is 21.0 Å². The Labute approximate surface area is 90.9 Å². The molecule has 2 rings (SSSR count). The number of aromatic nitrogens is 1. The molecule has 0 spiro atoms. The largest absolute Gasteiger partial charge is 0.417 e. The second-order valence-corrected chi connectivity index (χ2v) is 3.64. The Kier molecular flexibility index (Phi) is 2.78. The van der Waals surface area contributed by atoms with Gasteiger partial charge in [-0.25, -0.2) is 4.79 Å². The van der Waals surface area contributed by atoms with Crippen molar-refractivity contribution in [3.63, 3.8) is 0 Å². The molecule has 1 heterocycles. The van der Waals surface area contributed by atoms with E-state index < -0.39 is 17.8 Å². The first-order valence-corrected chi connectivity index (χ1v) is 4.86. The van der Waals surface area contributed by atoms with Crippen molar-refractivity contribution in [2.24, 2.45) is 11.5 Å². The van der Waals surface area contributed by atoms with E-state index >= 15 is 0 Å². The van der Waals surface area contributed by atoms with Crippen molar-refractivity contribution in [3.8, 4) is 0 Å². The third kappa shape index (κ3) is 1.85. The van der Waals surface area contributed by atoms with Gasteiger partial charge in [0.05, 0.1) is 12.1 Å². The molecule has 2 unspecified atom stereocenters. The molecular weight excluding hydrogens is 210 g/mol. The second-order valence-electron chi connectivity index (χ2n) is 3.64. The lowest BCUT2D eigenvalue weighted by molar-refractivity contribution is 0.250. The lowest BCUT2D eigenvalue weighted by Crippen LogP contribution is -2.37. The number of oxazole rings is 1. The van der Waals surface area contributed by atoms with Gasteiger partial charge in [-0.15, -0.1) is 0 Å². The highest BCUT2D eigenvalue weighted by atomic mass is 16.4. The van der Waals surface area contributed by atoms with Crippen LogP contribution in [0, 0.1) is 0 Å². The lowest BCUT2D eigenvalue weighted by atomic mass is 10.0. The first-order valence-electron chi connectivity index (χ1n) is 4.86. The summed E-state index contributed by atoms with van der Waals surface area (Å²) in [6.07, 6.45) is 0. The number of fused-ring (bicyclic) bond motifs is 1. The number of hydrogen-bond donors (Lipinski definition) is 4. The minimum absolute atomic E-state index is 0.193. The van der Waals surface area contributed by atoms with Crippen LogP contribution in [0.1, 0.15) is 11.6 Å². The molecule has 6 nitrogen and oxygen atoms in total. The molecule has 0 saturated carbocycles. The van der Waals surface area contributed by atoms with E-state index in [0.717, 1.165) is 5.56 Å². The predicted molar refractivity (Wildman–Crippen MR) is 58.8 cm³/mol. The fourth-order valence-electron chi connectivity index (χ4n) is 1.54. The Balaban J connectivity index is 2.42. The van der Waals surface area contributed by atoms with E-state index in [9.17, 15) is 4.79 Å². The number of benzene rings is 1. The van der Waals surface area contributed by atoms with Crippen molar-refractivity contribution in [2.45, 2.75) is 12.1 Å². The zero-order valence-electron chi connectivity index (χ0n) is 8.51. The number of nitrogens with one attached hydrogen (secondary N) is 1. The van der Waals surface area contributed by atoms with Crippen molar-refractivity contribution < 1.29 is 9.52 Å². The molecule has 0 aliphatic heterocycles. The first-order chi connectivity index (χ1) is 7.61. The Morgan fingerprint density at radius 2 is 2.19 bits per heavy atom. The van der Waals surface area contributed by atoms with Gasteiger partial charge in [0, 0.05) is 12.1 Å². The van der Waals surface area contributed by atoms with Crippen LogP contribution >= 0.6 is 0 Å². The molecule has 6 N–H and O–H groups in total. The molecule has 1 aromatic carbocycles. The summed E-state index contributed by atoms with van der Waals surface area (Å²) in [7, 11) is 0. The van der Waals surface area contributed by atoms with E-state index in [-0.39, 0.29) is 6.61 Å². The molecule has 0 amide bonds. The highest BCUT2D eigenvalue weighted by molar-refractivity contribution is 5.72. The number of hydrogen-bond acceptors (Lipinski definition) is 5. The Bertz CT molecular complexity index is 545. The number of H-pyrrole nitrogens is 1. The minimum atomic E-state index is -0.531. The minimum Gasteiger partial charge on any atom is -0.408 e. The van der Waals surface area contributed by atoms with E-state index in [1.165, 1.54) is 0 Å². The summed E-state index contributed by atoms with van der Waals surface area (Å²) in [6, 6.07) is 4.05. The number of rotatable bonds is 3. The van der Waals surface area contributed by atoms with Crippen LogP contribution in [0.15, 0.2) is 27.4 Å². The maximum atomic E-state index is 10.9. The maximum absolute atomic E-state index is 10.9. The van der Waals surface area contributed by atoms with Gasteiger partial charge in [0.2, 0.25) is 0 Å². The molecule has 2 atom stereocenters. The van der Waals surface area contributed by atoms with Crippen molar-refractivity contribution in [1.29, 1.82) is 0 Å². The quantitative estimate of drug-likeness (QED) is 0.556. The van der Waals surface area contributed by atoms with Crippen LogP contribution in [-0.4, -0.2) is 22.7 Å². The topological polar surface area (TPSA) is 118 Å². The summed E-state index contributed by atoms with van der Waals surface area (Å²) >= 11 is 0. The summed E-state index contributed by atoms with van der Waals surface area (Å²) in [6.45, 7) is -0.193. The average molecular weight is 223 g/mol. The van der Waals surface area contributed by atoms with Crippen LogP contribution in [0.3, 0.4) is 0 Å². The van der Waals surface area contributed by atoms with Crippen molar-refractivity contribution in [3.05, 3.63) is 34.3 Å². The fraction of sp³-hybridized carbons (Fsp3) is 0.300. The third-order valence-electron chi connectivity index (χ3n) is 2.50. The van der Waals surface area contributed by atoms with Crippen molar-refractivity contribution >= 4 is 11.1 Å². The van der Waals surface area contributed by atoms with Gasteiger partial charge in [-0.05, 0) is 17.7 Å². The number of aliphatic hydroxyl groups excluding tert-OH is 1. The van der Waals surface area contributed by atoms with E-state index in [1.54, 1.807) is 18.2 Å². The SMILES string of the molecule is NC(CO)C(N)c1ccc2oc(=O)[nH]c2c1. The van der Waals surface area contributed by atoms with E-state index in [0.29, 0.717) is 11.1 Å². The van der Waals surface area contributed by atoms with Crippen molar-refractivity contribution in [2.75, 3.05) is 6.61 Å². The Morgan fingerprint density at radius 1 is 1.44 bits per heavy atom. The van der Waals surface area contributed by atoms with Gasteiger partial charge in [-0.1, -0.05) is 6.07 Å². The first kappa shape index (κ1) is 10.9. The van der Waals surface area contributed by atoms with Gasteiger partial charge in [0.25, 0.3) is 0 Å². The molecule has 0 aliphatic carbocycles. The van der Waals surface area contributed by atoms with Crippen molar-refractivity contribution in [1.82, 2.24) is 4.98 Å². The molecule has 0 aliphatic rings. The highest BCUT2D eigenvalue weighted by Gasteiger charge is 2.15. The second kappa shape index (κ2) is 4.09. The van der Waals surface area contributed by atoms with Gasteiger partial charge in [0.1, 0.15) is 0 Å². The molecule has 6 heteroatoms. The van der Waals surface area contributed by atoms with E-state index in [1.807, 2.05) is 0 Å². The molecule has 0 radical (unpaired) electrons. The molecular formula is C10H13N3O3. The van der Waals surface area contributed by atoms with Gasteiger partial charge in [-0.2, -0.15) is 0 Å². The number of nitrogens with two attached hydrogens (primary N) is 2. The van der Waals surface area contributed by atoms with E-state index in [2.05, 4.69) is 4.98 Å². The smallest absolute Gasteiger partial charge is 0.408 e. The molecule has 1 aromatic heterocycles. The van der Waals surface area contributed by atoms with Crippen LogP contribution in [0.2, 0.25) is 0 Å². The van der Waals surface area contributed by atoms with Gasteiger partial charge in [0.15, 0.2) is 5.58 Å². The Hall–Kier alpha value is -1.63. The zero-order valence-corrected chi connectivity index (χ0v) is 8.51. The fourth-order valence-corrected chi connectivity index (χ4v) is 1.54. The summed E-state index contributed by atoms with van der Waals surface area (Å²) in [5, 5.41) is 8.90. The number of aromatic amines is 1. The van der Waals surface area contributed by atoms with Crippen LogP contribution < -0.4 is 17.2 Å². The van der Waals surface area contributed by atoms with Gasteiger partial charge >= 0.3 is 5.76 Å². The number of aliphatic hydroxyl groups is 1. The summed E-state index contributed by atoms with van der Waals surface area (Å²) in [5.74, 6) is -0.507. The molecule has 86 valence electrons. The molecule has 0 bridgehead atoms. The summed E-state index contributed by atoms with van der Waals surface area (Å²) in [5.41, 5.74) is 13.3. The predicted octanol–water partition coefficient (Wildman–Crippen LogP) is -0.559. The molecule has 2 aromatic rings. The van der Waals surface area contributed by atoms with Crippen LogP contribution in [-0.2, 0) is 0 Å². The highest BCUT2D eigenvalue weighted by Crippen LogP contribution is 2.18. The summed E-state index contributed by atoms with van der Waals surface area (Å²) in [4.78, 5) is 13.5.